The molecule has 0 bridgehead atoms. The molecule has 0 aromatic heterocycles. The third-order valence-corrected chi connectivity index (χ3v) is 3.66. The van der Waals surface area contributed by atoms with Crippen LogP contribution < -0.4 is 10.6 Å². The Kier molecular flexibility index (Phi) is 4.42. The van der Waals surface area contributed by atoms with Gasteiger partial charge in [-0.3, -0.25) is 9.59 Å². The van der Waals surface area contributed by atoms with Gasteiger partial charge in [0.2, 0.25) is 11.8 Å². The summed E-state index contributed by atoms with van der Waals surface area (Å²) in [5.74, 6) is 0.862. The van der Waals surface area contributed by atoms with Crippen molar-refractivity contribution in [3.8, 4) is 0 Å². The second-order valence-electron chi connectivity index (χ2n) is 5.88. The van der Waals surface area contributed by atoms with E-state index < -0.39 is 0 Å². The van der Waals surface area contributed by atoms with Crippen LogP contribution in [0.1, 0.15) is 32.8 Å². The van der Waals surface area contributed by atoms with Crippen molar-refractivity contribution in [2.75, 3.05) is 5.32 Å². The van der Waals surface area contributed by atoms with Crippen LogP contribution >= 0.6 is 0 Å². The molecule has 4 nitrogen and oxygen atoms in total. The highest BCUT2D eigenvalue weighted by Crippen LogP contribution is 2.37. The van der Waals surface area contributed by atoms with Gasteiger partial charge in [-0.25, -0.2) is 0 Å². The summed E-state index contributed by atoms with van der Waals surface area (Å²) >= 11 is 0. The van der Waals surface area contributed by atoms with Gasteiger partial charge in [-0.15, -0.1) is 0 Å². The van der Waals surface area contributed by atoms with E-state index in [0.29, 0.717) is 12.5 Å². The minimum atomic E-state index is -0.0329. The smallest absolute Gasteiger partial charge is 0.226 e. The van der Waals surface area contributed by atoms with Gasteiger partial charge in [0.25, 0.3) is 0 Å². The fourth-order valence-electron chi connectivity index (χ4n) is 2.00. The van der Waals surface area contributed by atoms with E-state index in [9.17, 15) is 9.59 Å². The Labute approximate surface area is 119 Å². The van der Waals surface area contributed by atoms with Gasteiger partial charge in [0.15, 0.2) is 0 Å². The SMILES string of the molecule is CC(C)C(=O)Nc1ccc(CNC(=O)C2CC2C)cc1. The number of hydrogen-bond donors (Lipinski definition) is 2. The summed E-state index contributed by atoms with van der Waals surface area (Å²) in [6.45, 7) is 6.35. The second-order valence-corrected chi connectivity index (χ2v) is 5.88. The predicted molar refractivity (Wildman–Crippen MR) is 79.0 cm³/mol. The maximum absolute atomic E-state index is 11.7. The second kappa shape index (κ2) is 6.07. The third-order valence-electron chi connectivity index (χ3n) is 3.66. The molecule has 2 unspecified atom stereocenters. The lowest BCUT2D eigenvalue weighted by atomic mass is 10.1. The van der Waals surface area contributed by atoms with Crippen LogP contribution in [0.5, 0.6) is 0 Å². The van der Waals surface area contributed by atoms with Gasteiger partial charge in [-0.2, -0.15) is 0 Å². The highest BCUT2D eigenvalue weighted by molar-refractivity contribution is 5.92. The molecule has 0 radical (unpaired) electrons. The number of carbonyl (C=O) groups excluding carboxylic acids is 2. The molecule has 0 heterocycles. The van der Waals surface area contributed by atoms with E-state index in [-0.39, 0.29) is 23.7 Å². The summed E-state index contributed by atoms with van der Waals surface area (Å²) in [5, 5.41) is 5.78. The normalized spacial score (nSPS) is 20.6. The van der Waals surface area contributed by atoms with E-state index in [0.717, 1.165) is 17.7 Å². The zero-order valence-electron chi connectivity index (χ0n) is 12.3. The molecule has 0 saturated heterocycles. The van der Waals surface area contributed by atoms with E-state index in [1.807, 2.05) is 38.1 Å². The summed E-state index contributed by atoms with van der Waals surface area (Å²) < 4.78 is 0. The van der Waals surface area contributed by atoms with Crippen molar-refractivity contribution in [1.82, 2.24) is 5.32 Å². The highest BCUT2D eigenvalue weighted by atomic mass is 16.2. The molecule has 1 aromatic carbocycles. The maximum Gasteiger partial charge on any atom is 0.226 e. The van der Waals surface area contributed by atoms with Crippen LogP contribution in [0.2, 0.25) is 0 Å². The van der Waals surface area contributed by atoms with Gasteiger partial charge in [-0.05, 0) is 30.0 Å². The first kappa shape index (κ1) is 14.6. The lowest BCUT2D eigenvalue weighted by Crippen LogP contribution is -2.24. The molecule has 2 amide bonds. The van der Waals surface area contributed by atoms with Crippen molar-refractivity contribution in [3.63, 3.8) is 0 Å². The fourth-order valence-corrected chi connectivity index (χ4v) is 2.00. The molecule has 1 saturated carbocycles. The van der Waals surface area contributed by atoms with Crippen molar-refractivity contribution < 1.29 is 9.59 Å². The molecule has 2 rings (SSSR count). The molecule has 1 fully saturated rings. The topological polar surface area (TPSA) is 58.2 Å². The monoisotopic (exact) mass is 274 g/mol. The summed E-state index contributed by atoms with van der Waals surface area (Å²) in [6, 6.07) is 7.57. The van der Waals surface area contributed by atoms with Crippen molar-refractivity contribution in [3.05, 3.63) is 29.8 Å². The molecule has 1 aromatic rings. The van der Waals surface area contributed by atoms with E-state index in [1.54, 1.807) is 0 Å². The minimum Gasteiger partial charge on any atom is -0.352 e. The van der Waals surface area contributed by atoms with Crippen LogP contribution in [0.3, 0.4) is 0 Å². The van der Waals surface area contributed by atoms with Crippen molar-refractivity contribution in [1.29, 1.82) is 0 Å². The van der Waals surface area contributed by atoms with E-state index in [1.165, 1.54) is 0 Å². The molecule has 0 aliphatic heterocycles. The van der Waals surface area contributed by atoms with E-state index in [4.69, 9.17) is 0 Å². The van der Waals surface area contributed by atoms with Crippen LogP contribution in [0, 0.1) is 17.8 Å². The van der Waals surface area contributed by atoms with Crippen molar-refractivity contribution in [2.45, 2.75) is 33.7 Å². The number of anilines is 1. The van der Waals surface area contributed by atoms with Crippen LogP contribution in [0.15, 0.2) is 24.3 Å². The van der Waals surface area contributed by atoms with Crippen LogP contribution in [0.4, 0.5) is 5.69 Å². The van der Waals surface area contributed by atoms with Gasteiger partial charge < -0.3 is 10.6 Å². The summed E-state index contributed by atoms with van der Waals surface area (Å²) in [7, 11) is 0. The first-order valence-corrected chi connectivity index (χ1v) is 7.15. The Morgan fingerprint density at radius 2 is 1.85 bits per heavy atom. The first-order valence-electron chi connectivity index (χ1n) is 7.15. The molecule has 4 heteroatoms. The molecular formula is C16H22N2O2. The summed E-state index contributed by atoms with van der Waals surface area (Å²) in [4.78, 5) is 23.3. The molecule has 2 atom stereocenters. The molecule has 108 valence electrons. The van der Waals surface area contributed by atoms with Gasteiger partial charge in [0, 0.05) is 24.1 Å². The van der Waals surface area contributed by atoms with Crippen LogP contribution in [-0.4, -0.2) is 11.8 Å². The maximum atomic E-state index is 11.7. The first-order chi connectivity index (χ1) is 9.47. The number of rotatable bonds is 5. The van der Waals surface area contributed by atoms with Crippen LogP contribution in [0.25, 0.3) is 0 Å². The average molecular weight is 274 g/mol. The predicted octanol–water partition coefficient (Wildman–Crippen LogP) is 2.55. The number of amides is 2. The summed E-state index contributed by atoms with van der Waals surface area (Å²) in [6.07, 6.45) is 1.01. The van der Waals surface area contributed by atoms with Gasteiger partial charge in [-0.1, -0.05) is 32.9 Å². The van der Waals surface area contributed by atoms with Gasteiger partial charge in [0.1, 0.15) is 0 Å². The van der Waals surface area contributed by atoms with Gasteiger partial charge in [0.05, 0.1) is 0 Å². The van der Waals surface area contributed by atoms with Crippen LogP contribution in [-0.2, 0) is 16.1 Å². The lowest BCUT2D eigenvalue weighted by molar-refractivity contribution is -0.122. The number of nitrogens with one attached hydrogen (secondary N) is 2. The average Bonchev–Trinajstić information content (AvgIpc) is 3.14. The third kappa shape index (κ3) is 3.83. The van der Waals surface area contributed by atoms with E-state index in [2.05, 4.69) is 17.6 Å². The standard InChI is InChI=1S/C16H22N2O2/c1-10(2)15(19)18-13-6-4-12(5-7-13)9-17-16(20)14-8-11(14)3/h4-7,10-11,14H,8-9H2,1-3H3,(H,17,20)(H,18,19). The Morgan fingerprint density at radius 1 is 1.25 bits per heavy atom. The Balaban J connectivity index is 1.82. The summed E-state index contributed by atoms with van der Waals surface area (Å²) in [5.41, 5.74) is 1.82. The minimum absolute atomic E-state index is 0.00812. The highest BCUT2D eigenvalue weighted by Gasteiger charge is 2.38. The molecule has 2 N–H and O–H groups in total. The Morgan fingerprint density at radius 3 is 2.35 bits per heavy atom. The molecule has 0 spiro atoms. The molecule has 1 aliphatic rings. The van der Waals surface area contributed by atoms with E-state index >= 15 is 0 Å². The quantitative estimate of drug-likeness (QED) is 0.867. The lowest BCUT2D eigenvalue weighted by Gasteiger charge is -2.09. The number of benzene rings is 1. The zero-order valence-corrected chi connectivity index (χ0v) is 12.3. The molecular weight excluding hydrogens is 252 g/mol. The number of carbonyl (C=O) groups is 2. The Hall–Kier alpha value is -1.84. The zero-order chi connectivity index (χ0) is 14.7. The molecule has 1 aliphatic carbocycles. The molecule has 20 heavy (non-hydrogen) atoms. The van der Waals surface area contributed by atoms with Crippen molar-refractivity contribution >= 4 is 17.5 Å². The largest absolute Gasteiger partial charge is 0.352 e. The number of hydrogen-bond acceptors (Lipinski definition) is 2. The van der Waals surface area contributed by atoms with Gasteiger partial charge >= 0.3 is 0 Å². The van der Waals surface area contributed by atoms with Crippen molar-refractivity contribution in [2.24, 2.45) is 17.8 Å². The Bertz CT molecular complexity index is 494. The fraction of sp³-hybridized carbons (Fsp3) is 0.500.